The molecule has 2 N–H and O–H groups in total. The Kier molecular flexibility index (Phi) is 3.47. The molecule has 106 valence electrons. The van der Waals surface area contributed by atoms with E-state index in [0.29, 0.717) is 4.99 Å². The van der Waals surface area contributed by atoms with Gasteiger partial charge in [0, 0.05) is 17.7 Å². The van der Waals surface area contributed by atoms with Gasteiger partial charge in [0.2, 0.25) is 0 Å². The Morgan fingerprint density at radius 1 is 1.19 bits per heavy atom. The molecule has 21 heavy (non-hydrogen) atoms. The van der Waals surface area contributed by atoms with Gasteiger partial charge in [0.25, 0.3) is 0 Å². The van der Waals surface area contributed by atoms with E-state index in [-0.39, 0.29) is 5.92 Å². The van der Waals surface area contributed by atoms with Crippen LogP contribution in [0.1, 0.15) is 24.1 Å². The second-order valence-corrected chi connectivity index (χ2v) is 5.74. The molecule has 2 heterocycles. The minimum Gasteiger partial charge on any atom is -0.393 e. The summed E-state index contributed by atoms with van der Waals surface area (Å²) in [6.07, 6.45) is 2.08. The lowest BCUT2D eigenvalue weighted by Crippen LogP contribution is -2.18. The fourth-order valence-corrected chi connectivity index (χ4v) is 2.64. The van der Waals surface area contributed by atoms with E-state index in [0.717, 1.165) is 22.6 Å². The summed E-state index contributed by atoms with van der Waals surface area (Å²) < 4.78 is 2.10. The van der Waals surface area contributed by atoms with Crippen molar-refractivity contribution >= 4 is 22.9 Å². The minimum absolute atomic E-state index is 0.0352. The van der Waals surface area contributed by atoms with E-state index in [1.165, 1.54) is 5.56 Å². The van der Waals surface area contributed by atoms with Crippen molar-refractivity contribution in [3.63, 3.8) is 0 Å². The third kappa shape index (κ3) is 2.43. The van der Waals surface area contributed by atoms with Crippen molar-refractivity contribution in [3.05, 3.63) is 59.9 Å². The van der Waals surface area contributed by atoms with Crippen LogP contribution in [0.2, 0.25) is 0 Å². The highest BCUT2D eigenvalue weighted by atomic mass is 32.1. The Bertz CT molecular complexity index is 806. The van der Waals surface area contributed by atoms with Gasteiger partial charge >= 0.3 is 0 Å². The van der Waals surface area contributed by atoms with Gasteiger partial charge in [-0.15, -0.1) is 0 Å². The molecule has 4 heteroatoms. The number of fused-ring (bicyclic) bond motifs is 1. The third-order valence-electron chi connectivity index (χ3n) is 3.69. The summed E-state index contributed by atoms with van der Waals surface area (Å²) in [7, 11) is 0. The second kappa shape index (κ2) is 5.30. The van der Waals surface area contributed by atoms with Crippen LogP contribution in [0.4, 0.5) is 0 Å². The maximum absolute atomic E-state index is 5.89. The molecule has 3 nitrogen and oxygen atoms in total. The number of nitrogens with zero attached hydrogens (tertiary/aromatic N) is 2. The minimum atomic E-state index is -0.0352. The number of aryl methyl sites for hydroxylation is 1. The molecule has 0 bridgehead atoms. The van der Waals surface area contributed by atoms with Gasteiger partial charge in [-0.3, -0.25) is 0 Å². The molecule has 1 atom stereocenters. The number of hydrogen-bond acceptors (Lipinski definition) is 2. The zero-order valence-corrected chi connectivity index (χ0v) is 12.9. The lowest BCUT2D eigenvalue weighted by Gasteiger charge is -2.12. The summed E-state index contributed by atoms with van der Waals surface area (Å²) in [5, 5.41) is 0. The van der Waals surface area contributed by atoms with Gasteiger partial charge in [-0.05, 0) is 18.6 Å². The van der Waals surface area contributed by atoms with Gasteiger partial charge in [-0.25, -0.2) is 4.98 Å². The fourth-order valence-electron chi connectivity index (χ4n) is 2.53. The summed E-state index contributed by atoms with van der Waals surface area (Å²) in [6, 6.07) is 14.2. The topological polar surface area (TPSA) is 43.3 Å². The average Bonchev–Trinajstić information content (AvgIpc) is 2.85. The molecule has 0 saturated carbocycles. The first-order valence-corrected chi connectivity index (χ1v) is 7.32. The van der Waals surface area contributed by atoms with Crippen molar-refractivity contribution in [1.82, 2.24) is 9.38 Å². The number of rotatable bonds is 3. The molecule has 3 aromatic rings. The van der Waals surface area contributed by atoms with Gasteiger partial charge in [-0.1, -0.05) is 55.5 Å². The quantitative estimate of drug-likeness (QED) is 0.749. The van der Waals surface area contributed by atoms with Crippen LogP contribution in [-0.2, 0) is 0 Å². The highest BCUT2D eigenvalue weighted by Crippen LogP contribution is 2.30. The van der Waals surface area contributed by atoms with Gasteiger partial charge in [-0.2, -0.15) is 0 Å². The molecule has 0 aliphatic heterocycles. The first-order valence-electron chi connectivity index (χ1n) is 6.91. The van der Waals surface area contributed by atoms with Crippen LogP contribution in [0.5, 0.6) is 0 Å². The van der Waals surface area contributed by atoms with E-state index in [1.807, 2.05) is 31.2 Å². The number of pyridine rings is 1. The van der Waals surface area contributed by atoms with Crippen molar-refractivity contribution in [3.8, 4) is 11.3 Å². The Balaban J connectivity index is 2.33. The molecule has 0 aliphatic rings. The number of hydrogen-bond donors (Lipinski definition) is 1. The molecule has 0 radical (unpaired) electrons. The maximum Gasteiger partial charge on any atom is 0.137 e. The summed E-state index contributed by atoms with van der Waals surface area (Å²) in [5.74, 6) is -0.0352. The molecule has 1 unspecified atom stereocenters. The summed E-state index contributed by atoms with van der Waals surface area (Å²) in [5.41, 5.74) is 11.1. The van der Waals surface area contributed by atoms with E-state index in [9.17, 15) is 0 Å². The van der Waals surface area contributed by atoms with Crippen molar-refractivity contribution in [2.24, 2.45) is 5.73 Å². The van der Waals surface area contributed by atoms with Gasteiger partial charge < -0.3 is 10.1 Å². The Morgan fingerprint density at radius 3 is 2.57 bits per heavy atom. The zero-order chi connectivity index (χ0) is 15.0. The Hall–Kier alpha value is -2.20. The van der Waals surface area contributed by atoms with Crippen molar-refractivity contribution in [1.29, 1.82) is 0 Å². The lowest BCUT2D eigenvalue weighted by atomic mass is 10.0. The lowest BCUT2D eigenvalue weighted by molar-refractivity contribution is 0.926. The van der Waals surface area contributed by atoms with Crippen molar-refractivity contribution in [2.45, 2.75) is 19.8 Å². The largest absolute Gasteiger partial charge is 0.393 e. The van der Waals surface area contributed by atoms with E-state index < -0.39 is 0 Å². The fraction of sp³-hybridized carbons (Fsp3) is 0.176. The van der Waals surface area contributed by atoms with Crippen LogP contribution in [-0.4, -0.2) is 14.4 Å². The number of benzene rings is 1. The Morgan fingerprint density at radius 2 is 1.90 bits per heavy atom. The van der Waals surface area contributed by atoms with Crippen molar-refractivity contribution in [2.75, 3.05) is 0 Å². The first kappa shape index (κ1) is 13.8. The van der Waals surface area contributed by atoms with Crippen LogP contribution in [0.15, 0.2) is 48.7 Å². The molecule has 0 amide bonds. The molecular weight excluding hydrogens is 278 g/mol. The molecule has 3 rings (SSSR count). The van der Waals surface area contributed by atoms with E-state index in [1.54, 1.807) is 0 Å². The molecular formula is C17H17N3S. The molecule has 0 aliphatic carbocycles. The van der Waals surface area contributed by atoms with E-state index in [2.05, 4.69) is 35.7 Å². The van der Waals surface area contributed by atoms with Crippen molar-refractivity contribution < 1.29 is 0 Å². The van der Waals surface area contributed by atoms with Crippen LogP contribution in [0.3, 0.4) is 0 Å². The number of aromatic nitrogens is 2. The molecule has 1 aromatic carbocycles. The van der Waals surface area contributed by atoms with Gasteiger partial charge in [0.05, 0.1) is 16.4 Å². The molecule has 0 fully saturated rings. The monoisotopic (exact) mass is 295 g/mol. The van der Waals surface area contributed by atoms with E-state index >= 15 is 0 Å². The zero-order valence-electron chi connectivity index (χ0n) is 12.1. The summed E-state index contributed by atoms with van der Waals surface area (Å²) in [4.78, 5) is 5.26. The van der Waals surface area contributed by atoms with Gasteiger partial charge in [0.1, 0.15) is 5.65 Å². The number of imidazole rings is 1. The first-order chi connectivity index (χ1) is 10.1. The predicted molar refractivity (Wildman–Crippen MR) is 90.6 cm³/mol. The molecule has 2 aromatic heterocycles. The summed E-state index contributed by atoms with van der Waals surface area (Å²) >= 11 is 5.21. The molecule has 0 spiro atoms. The Labute approximate surface area is 129 Å². The number of nitrogens with two attached hydrogens (primary N) is 1. The van der Waals surface area contributed by atoms with Gasteiger partial charge in [0.15, 0.2) is 0 Å². The normalized spacial score (nSPS) is 12.5. The predicted octanol–water partition coefficient (Wildman–Crippen LogP) is 3.70. The standard InChI is InChI=1S/C17H17N3S/c1-11-8-9-14-19-15(13-6-4-3-5-7-13)16(20(14)10-11)12(2)17(18)21/h3-10,12H,1-2H3,(H2,18,21). The van der Waals surface area contributed by atoms with E-state index in [4.69, 9.17) is 22.9 Å². The van der Waals surface area contributed by atoms with Crippen LogP contribution >= 0.6 is 12.2 Å². The highest BCUT2D eigenvalue weighted by Gasteiger charge is 2.21. The smallest absolute Gasteiger partial charge is 0.137 e. The third-order valence-corrected chi connectivity index (χ3v) is 4.04. The number of thiocarbonyl (C=S) groups is 1. The second-order valence-electron chi connectivity index (χ2n) is 5.27. The maximum atomic E-state index is 5.89. The van der Waals surface area contributed by atoms with Crippen LogP contribution in [0, 0.1) is 6.92 Å². The summed E-state index contributed by atoms with van der Waals surface area (Å²) in [6.45, 7) is 4.09. The highest BCUT2D eigenvalue weighted by molar-refractivity contribution is 7.80. The van der Waals surface area contributed by atoms with Crippen LogP contribution in [0.25, 0.3) is 16.9 Å². The van der Waals surface area contributed by atoms with Crippen LogP contribution < -0.4 is 5.73 Å². The SMILES string of the molecule is Cc1ccc2nc(-c3ccccc3)c(C(C)C(N)=S)n2c1. The molecule has 0 saturated heterocycles. The average molecular weight is 295 g/mol.